The van der Waals surface area contributed by atoms with Gasteiger partial charge in [0.2, 0.25) is 11.8 Å². The fourth-order valence-corrected chi connectivity index (χ4v) is 4.31. The number of imide groups is 1. The summed E-state index contributed by atoms with van der Waals surface area (Å²) in [7, 11) is 0. The van der Waals surface area contributed by atoms with Crippen LogP contribution in [0.3, 0.4) is 0 Å². The number of aliphatic carboxylic acids is 1. The molecule has 4 amide bonds. The molecule has 1 saturated carbocycles. The van der Waals surface area contributed by atoms with Gasteiger partial charge in [0.25, 0.3) is 11.8 Å². The van der Waals surface area contributed by atoms with E-state index in [0.29, 0.717) is 51.3 Å². The van der Waals surface area contributed by atoms with Crippen molar-refractivity contribution in [1.29, 1.82) is 0 Å². The summed E-state index contributed by atoms with van der Waals surface area (Å²) in [5, 5.41) is 14.9. The number of carbonyl (C=O) groups is 5. The number of nitrogens with zero attached hydrogens (tertiary/aromatic N) is 1. The SMILES string of the molecule is CC(C)(CCNC(=O)CCN1C(=O)C=CC1=O)OCCC(C)(C)C(=O)NCC1CCC(C(=O)O)CC1. The van der Waals surface area contributed by atoms with Crippen molar-refractivity contribution in [2.24, 2.45) is 17.3 Å². The Labute approximate surface area is 213 Å². The fraction of sp³-hybridized carbons (Fsp3) is 0.731. The van der Waals surface area contributed by atoms with Crippen LogP contribution in [0, 0.1) is 17.3 Å². The first-order chi connectivity index (χ1) is 16.8. The van der Waals surface area contributed by atoms with E-state index in [2.05, 4.69) is 10.6 Å². The Morgan fingerprint density at radius 2 is 1.61 bits per heavy atom. The quantitative estimate of drug-likeness (QED) is 0.305. The van der Waals surface area contributed by atoms with Crippen molar-refractivity contribution >= 4 is 29.6 Å². The molecule has 202 valence electrons. The minimum Gasteiger partial charge on any atom is -0.481 e. The van der Waals surface area contributed by atoms with Gasteiger partial charge in [0.05, 0.1) is 11.5 Å². The van der Waals surface area contributed by atoms with E-state index in [1.165, 1.54) is 12.2 Å². The van der Waals surface area contributed by atoms with Gasteiger partial charge in [0.15, 0.2) is 0 Å². The first-order valence-electron chi connectivity index (χ1n) is 12.8. The molecule has 0 radical (unpaired) electrons. The molecule has 0 aromatic carbocycles. The first kappa shape index (κ1) is 29.5. The van der Waals surface area contributed by atoms with E-state index in [0.717, 1.165) is 17.7 Å². The Morgan fingerprint density at radius 1 is 1.00 bits per heavy atom. The number of rotatable bonds is 14. The van der Waals surface area contributed by atoms with Crippen molar-refractivity contribution < 1.29 is 33.8 Å². The topological polar surface area (TPSA) is 142 Å². The summed E-state index contributed by atoms with van der Waals surface area (Å²) in [6, 6.07) is 0. The van der Waals surface area contributed by atoms with Gasteiger partial charge in [0, 0.05) is 50.2 Å². The molecule has 36 heavy (non-hydrogen) atoms. The second-order valence-electron chi connectivity index (χ2n) is 11.0. The fourth-order valence-electron chi connectivity index (χ4n) is 4.31. The highest BCUT2D eigenvalue weighted by molar-refractivity contribution is 6.13. The lowest BCUT2D eigenvalue weighted by molar-refractivity contribution is -0.143. The predicted octanol–water partition coefficient (Wildman–Crippen LogP) is 2.03. The summed E-state index contributed by atoms with van der Waals surface area (Å²) in [5.74, 6) is -1.75. The first-order valence-corrected chi connectivity index (χ1v) is 12.8. The van der Waals surface area contributed by atoms with E-state index in [4.69, 9.17) is 9.84 Å². The highest BCUT2D eigenvalue weighted by Gasteiger charge is 2.31. The van der Waals surface area contributed by atoms with Gasteiger partial charge in [-0.1, -0.05) is 13.8 Å². The maximum atomic E-state index is 12.7. The molecule has 0 aromatic rings. The van der Waals surface area contributed by atoms with Gasteiger partial charge in [-0.2, -0.15) is 0 Å². The van der Waals surface area contributed by atoms with E-state index < -0.39 is 28.8 Å². The van der Waals surface area contributed by atoms with E-state index in [1.807, 2.05) is 27.7 Å². The molecular weight excluding hydrogens is 466 g/mol. The second-order valence-corrected chi connectivity index (χ2v) is 11.0. The highest BCUT2D eigenvalue weighted by atomic mass is 16.5. The summed E-state index contributed by atoms with van der Waals surface area (Å²) in [4.78, 5) is 59.9. The van der Waals surface area contributed by atoms with E-state index in [9.17, 15) is 24.0 Å². The molecule has 0 unspecified atom stereocenters. The van der Waals surface area contributed by atoms with E-state index in [-0.39, 0.29) is 30.7 Å². The number of carboxylic acid groups (broad SMARTS) is 1. The van der Waals surface area contributed by atoms with Crippen LogP contribution >= 0.6 is 0 Å². The molecule has 0 spiro atoms. The van der Waals surface area contributed by atoms with Crippen molar-refractivity contribution in [2.45, 2.75) is 78.2 Å². The van der Waals surface area contributed by atoms with Crippen molar-refractivity contribution in [3.63, 3.8) is 0 Å². The third-order valence-electron chi connectivity index (χ3n) is 7.09. The molecule has 1 aliphatic heterocycles. The van der Waals surface area contributed by atoms with Crippen molar-refractivity contribution in [2.75, 3.05) is 26.2 Å². The molecule has 1 fully saturated rings. The van der Waals surface area contributed by atoms with Crippen LogP contribution in [0.5, 0.6) is 0 Å². The third kappa shape index (κ3) is 9.37. The molecule has 0 atom stereocenters. The maximum Gasteiger partial charge on any atom is 0.306 e. The van der Waals surface area contributed by atoms with E-state index in [1.54, 1.807) is 0 Å². The lowest BCUT2D eigenvalue weighted by Crippen LogP contribution is -2.41. The van der Waals surface area contributed by atoms with Gasteiger partial charge in [-0.25, -0.2) is 0 Å². The van der Waals surface area contributed by atoms with Crippen molar-refractivity contribution in [3.05, 3.63) is 12.2 Å². The Bertz CT molecular complexity index is 840. The van der Waals surface area contributed by atoms with Gasteiger partial charge < -0.3 is 20.5 Å². The van der Waals surface area contributed by atoms with Crippen LogP contribution in [0.15, 0.2) is 12.2 Å². The highest BCUT2D eigenvalue weighted by Crippen LogP contribution is 2.29. The lowest BCUT2D eigenvalue weighted by Gasteiger charge is -2.30. The molecule has 2 rings (SSSR count). The average molecular weight is 508 g/mol. The number of ether oxygens (including phenoxy) is 1. The molecule has 0 aromatic heterocycles. The summed E-state index contributed by atoms with van der Waals surface area (Å²) < 4.78 is 6.00. The van der Waals surface area contributed by atoms with Gasteiger partial charge >= 0.3 is 5.97 Å². The molecular formula is C26H41N3O7. The van der Waals surface area contributed by atoms with Gasteiger partial charge in [0.1, 0.15) is 0 Å². The maximum absolute atomic E-state index is 12.7. The molecule has 10 nitrogen and oxygen atoms in total. The Balaban J connectivity index is 1.61. The summed E-state index contributed by atoms with van der Waals surface area (Å²) in [5.41, 5.74) is -1.12. The van der Waals surface area contributed by atoms with Crippen molar-refractivity contribution in [3.8, 4) is 0 Å². The molecule has 0 bridgehead atoms. The monoisotopic (exact) mass is 507 g/mol. The van der Waals surface area contributed by atoms with Crippen LogP contribution in [0.2, 0.25) is 0 Å². The Kier molecular flexibility index (Phi) is 10.6. The number of amides is 4. The minimum atomic E-state index is -0.727. The standard InChI is InChI=1S/C26H41N3O7/c1-25(2,24(35)28-17-18-5-7-19(8-6-18)23(33)34)13-16-36-26(3,4)12-14-27-20(30)11-15-29-21(31)9-10-22(29)32/h9-10,18-19H,5-8,11-17H2,1-4H3,(H,27,30)(H,28,35)(H,33,34). The molecule has 0 saturated heterocycles. The van der Waals surface area contributed by atoms with Gasteiger partial charge in [-0.3, -0.25) is 28.9 Å². The predicted molar refractivity (Wildman–Crippen MR) is 133 cm³/mol. The Morgan fingerprint density at radius 3 is 2.19 bits per heavy atom. The normalized spacial score (nSPS) is 20.5. The number of hydrogen-bond acceptors (Lipinski definition) is 6. The van der Waals surface area contributed by atoms with Crippen molar-refractivity contribution in [1.82, 2.24) is 15.5 Å². The zero-order valence-electron chi connectivity index (χ0n) is 21.9. The number of nitrogens with one attached hydrogen (secondary N) is 2. The largest absolute Gasteiger partial charge is 0.481 e. The third-order valence-corrected chi connectivity index (χ3v) is 7.09. The van der Waals surface area contributed by atoms with Gasteiger partial charge in [-0.05, 0) is 58.3 Å². The van der Waals surface area contributed by atoms with Crippen LogP contribution < -0.4 is 10.6 Å². The number of carboxylic acids is 1. The van der Waals surface area contributed by atoms with Crippen LogP contribution in [0.4, 0.5) is 0 Å². The number of hydrogen-bond donors (Lipinski definition) is 3. The molecule has 2 aliphatic rings. The Hall–Kier alpha value is -2.75. The molecule has 3 N–H and O–H groups in total. The smallest absolute Gasteiger partial charge is 0.306 e. The van der Waals surface area contributed by atoms with Crippen LogP contribution in [-0.2, 0) is 28.7 Å². The summed E-state index contributed by atoms with van der Waals surface area (Å²) in [6.45, 7) is 9.00. The van der Waals surface area contributed by atoms with Crippen LogP contribution in [0.1, 0.15) is 72.6 Å². The van der Waals surface area contributed by atoms with E-state index >= 15 is 0 Å². The second kappa shape index (κ2) is 13.0. The number of carbonyl (C=O) groups excluding carboxylic acids is 4. The molecule has 1 aliphatic carbocycles. The zero-order valence-corrected chi connectivity index (χ0v) is 21.9. The zero-order chi connectivity index (χ0) is 26.9. The summed E-state index contributed by atoms with van der Waals surface area (Å²) in [6.07, 6.45) is 6.49. The van der Waals surface area contributed by atoms with Crippen LogP contribution in [0.25, 0.3) is 0 Å². The lowest BCUT2D eigenvalue weighted by atomic mass is 9.81. The van der Waals surface area contributed by atoms with Crippen LogP contribution in [-0.4, -0.2) is 71.4 Å². The molecule has 10 heteroatoms. The summed E-state index contributed by atoms with van der Waals surface area (Å²) >= 11 is 0. The minimum absolute atomic E-state index is 0.0401. The van der Waals surface area contributed by atoms with Gasteiger partial charge in [-0.15, -0.1) is 0 Å². The molecule has 1 heterocycles. The average Bonchev–Trinajstić information content (AvgIpc) is 3.12.